The Morgan fingerprint density at radius 1 is 1.13 bits per heavy atom. The molecule has 2 amide bonds. The maximum absolute atomic E-state index is 13.9. The summed E-state index contributed by atoms with van der Waals surface area (Å²) >= 11 is 3.30. The molecule has 0 aliphatic rings. The average Bonchev–Trinajstić information content (AvgIpc) is 2.55. The van der Waals surface area contributed by atoms with Crippen molar-refractivity contribution in [1.29, 1.82) is 0 Å². The number of amides is 2. The van der Waals surface area contributed by atoms with Gasteiger partial charge in [0.25, 0.3) is 5.91 Å². The van der Waals surface area contributed by atoms with Crippen molar-refractivity contribution in [2.24, 2.45) is 5.73 Å². The molecule has 0 saturated carbocycles. The van der Waals surface area contributed by atoms with Crippen LogP contribution in [-0.2, 0) is 6.54 Å². The number of halogens is 2. The molecule has 0 radical (unpaired) electrons. The van der Waals surface area contributed by atoms with E-state index >= 15 is 0 Å². The number of rotatable bonds is 5. The number of hydrogen-bond donors (Lipinski definition) is 1. The summed E-state index contributed by atoms with van der Waals surface area (Å²) in [6.45, 7) is 2.42. The maximum Gasteiger partial charge on any atom is 0.254 e. The van der Waals surface area contributed by atoms with Gasteiger partial charge in [-0.2, -0.15) is 0 Å². The Kier molecular flexibility index (Phi) is 5.50. The van der Waals surface area contributed by atoms with Crippen molar-refractivity contribution in [3.63, 3.8) is 0 Å². The smallest absolute Gasteiger partial charge is 0.254 e. The highest BCUT2D eigenvalue weighted by Gasteiger charge is 2.16. The molecule has 0 aliphatic carbocycles. The Bertz CT molecular complexity index is 732. The number of hydrogen-bond acceptors (Lipinski definition) is 2. The fourth-order valence-corrected chi connectivity index (χ4v) is 2.57. The summed E-state index contributed by atoms with van der Waals surface area (Å²) in [6, 6.07) is 10.7. The van der Waals surface area contributed by atoms with E-state index in [1.54, 1.807) is 24.3 Å². The molecule has 0 heterocycles. The molecule has 6 heteroatoms. The Labute approximate surface area is 142 Å². The molecule has 0 aromatic heterocycles. The molecule has 0 saturated heterocycles. The zero-order chi connectivity index (χ0) is 17.0. The molecule has 0 fully saturated rings. The van der Waals surface area contributed by atoms with Crippen molar-refractivity contribution < 1.29 is 14.0 Å². The average molecular weight is 379 g/mol. The second-order valence-corrected chi connectivity index (χ2v) is 5.91. The number of nitrogens with zero attached hydrogens (tertiary/aromatic N) is 1. The van der Waals surface area contributed by atoms with Crippen LogP contribution in [0.5, 0.6) is 0 Å². The fourth-order valence-electron chi connectivity index (χ4n) is 2.16. The lowest BCUT2D eigenvalue weighted by Gasteiger charge is -2.21. The van der Waals surface area contributed by atoms with E-state index in [1.807, 2.05) is 6.92 Å². The first-order valence-corrected chi connectivity index (χ1v) is 7.84. The lowest BCUT2D eigenvalue weighted by molar-refractivity contribution is 0.0750. The van der Waals surface area contributed by atoms with Crippen LogP contribution < -0.4 is 5.73 Å². The van der Waals surface area contributed by atoms with E-state index in [0.717, 1.165) is 4.47 Å². The van der Waals surface area contributed by atoms with Crippen LogP contribution in [0.1, 0.15) is 33.2 Å². The van der Waals surface area contributed by atoms with Gasteiger partial charge in [0.1, 0.15) is 5.82 Å². The van der Waals surface area contributed by atoms with Crippen molar-refractivity contribution in [3.8, 4) is 0 Å². The minimum absolute atomic E-state index is 0.165. The number of benzene rings is 2. The van der Waals surface area contributed by atoms with Crippen molar-refractivity contribution in [3.05, 3.63) is 69.4 Å². The third-order valence-electron chi connectivity index (χ3n) is 3.45. The van der Waals surface area contributed by atoms with Crippen LogP contribution in [0.3, 0.4) is 0 Å². The van der Waals surface area contributed by atoms with Crippen LogP contribution in [0.15, 0.2) is 46.9 Å². The molecule has 2 aromatic rings. The van der Waals surface area contributed by atoms with E-state index in [1.165, 1.54) is 23.1 Å². The lowest BCUT2D eigenvalue weighted by Crippen LogP contribution is -2.30. The highest BCUT2D eigenvalue weighted by Crippen LogP contribution is 2.18. The largest absolute Gasteiger partial charge is 0.366 e. The van der Waals surface area contributed by atoms with Gasteiger partial charge >= 0.3 is 0 Å². The van der Waals surface area contributed by atoms with Gasteiger partial charge in [-0.25, -0.2) is 4.39 Å². The molecule has 0 spiro atoms. The van der Waals surface area contributed by atoms with Crippen LogP contribution in [0.25, 0.3) is 0 Å². The minimum Gasteiger partial charge on any atom is -0.366 e. The second kappa shape index (κ2) is 7.37. The van der Waals surface area contributed by atoms with Crippen LogP contribution in [-0.4, -0.2) is 23.3 Å². The topological polar surface area (TPSA) is 63.4 Å². The molecule has 2 N–H and O–H groups in total. The molecule has 0 aliphatic heterocycles. The third-order valence-corrected chi connectivity index (χ3v) is 3.95. The van der Waals surface area contributed by atoms with Gasteiger partial charge in [0.2, 0.25) is 5.91 Å². The monoisotopic (exact) mass is 378 g/mol. The molecular weight excluding hydrogens is 363 g/mol. The third kappa shape index (κ3) is 4.16. The van der Waals surface area contributed by atoms with E-state index in [4.69, 9.17) is 5.73 Å². The van der Waals surface area contributed by atoms with Crippen LogP contribution in [0, 0.1) is 5.82 Å². The molecule has 4 nitrogen and oxygen atoms in total. The summed E-state index contributed by atoms with van der Waals surface area (Å²) in [6.07, 6.45) is 0. The number of carbonyl (C=O) groups is 2. The fraction of sp³-hybridized carbons (Fsp3) is 0.176. The maximum atomic E-state index is 13.9. The normalized spacial score (nSPS) is 10.4. The van der Waals surface area contributed by atoms with E-state index in [2.05, 4.69) is 15.9 Å². The predicted octanol–water partition coefficient (Wildman–Crippen LogP) is 3.35. The molecular formula is C17H16BrFN2O2. The first kappa shape index (κ1) is 17.1. The standard InChI is InChI=1S/C17H16BrFN2O2/c1-2-21(10-13-9-14(18)7-8-15(13)19)17(23)12-5-3-11(4-6-12)16(20)22/h3-9H,2,10H2,1H3,(H2,20,22). The Morgan fingerprint density at radius 2 is 1.74 bits per heavy atom. The Balaban J connectivity index is 2.21. The van der Waals surface area contributed by atoms with E-state index in [-0.39, 0.29) is 18.3 Å². The van der Waals surface area contributed by atoms with Gasteiger partial charge in [-0.3, -0.25) is 9.59 Å². The van der Waals surface area contributed by atoms with Gasteiger partial charge in [0.05, 0.1) is 0 Å². The van der Waals surface area contributed by atoms with Crippen LogP contribution in [0.4, 0.5) is 4.39 Å². The first-order valence-electron chi connectivity index (χ1n) is 7.05. The lowest BCUT2D eigenvalue weighted by atomic mass is 10.1. The number of primary amides is 1. The summed E-state index contributed by atoms with van der Waals surface area (Å²) in [5.74, 6) is -1.14. The van der Waals surface area contributed by atoms with Crippen molar-refractivity contribution in [2.75, 3.05) is 6.54 Å². The molecule has 0 bridgehead atoms. The van der Waals surface area contributed by atoms with Crippen LogP contribution >= 0.6 is 15.9 Å². The molecule has 120 valence electrons. The first-order chi connectivity index (χ1) is 10.9. The molecule has 23 heavy (non-hydrogen) atoms. The van der Waals surface area contributed by atoms with Gasteiger partial charge in [-0.1, -0.05) is 15.9 Å². The van der Waals surface area contributed by atoms with E-state index < -0.39 is 5.91 Å². The Morgan fingerprint density at radius 3 is 2.30 bits per heavy atom. The molecule has 2 aromatic carbocycles. The molecule has 2 rings (SSSR count). The summed E-state index contributed by atoms with van der Waals surface area (Å²) in [5.41, 5.74) is 6.37. The van der Waals surface area contributed by atoms with Crippen molar-refractivity contribution >= 4 is 27.7 Å². The second-order valence-electron chi connectivity index (χ2n) is 5.00. The van der Waals surface area contributed by atoms with Crippen molar-refractivity contribution in [1.82, 2.24) is 4.90 Å². The predicted molar refractivity (Wildman–Crippen MR) is 89.5 cm³/mol. The summed E-state index contributed by atoms with van der Waals surface area (Å²) in [4.78, 5) is 25.1. The van der Waals surface area contributed by atoms with Crippen molar-refractivity contribution in [2.45, 2.75) is 13.5 Å². The van der Waals surface area contributed by atoms with Crippen LogP contribution in [0.2, 0.25) is 0 Å². The zero-order valence-corrected chi connectivity index (χ0v) is 14.1. The van der Waals surface area contributed by atoms with Gasteiger partial charge in [0.15, 0.2) is 0 Å². The summed E-state index contributed by atoms with van der Waals surface area (Å²) in [7, 11) is 0. The van der Waals surface area contributed by atoms with Gasteiger partial charge in [-0.05, 0) is 49.4 Å². The summed E-state index contributed by atoms with van der Waals surface area (Å²) < 4.78 is 14.6. The SMILES string of the molecule is CCN(Cc1cc(Br)ccc1F)C(=O)c1ccc(C(N)=O)cc1. The quantitative estimate of drug-likeness (QED) is 0.866. The van der Waals surface area contributed by atoms with E-state index in [0.29, 0.717) is 23.2 Å². The summed E-state index contributed by atoms with van der Waals surface area (Å²) in [5, 5.41) is 0. The van der Waals surface area contributed by atoms with Gasteiger partial charge < -0.3 is 10.6 Å². The van der Waals surface area contributed by atoms with E-state index in [9.17, 15) is 14.0 Å². The molecule has 0 unspecified atom stereocenters. The molecule has 0 atom stereocenters. The van der Waals surface area contributed by atoms with Gasteiger partial charge in [0, 0.05) is 34.3 Å². The zero-order valence-electron chi connectivity index (χ0n) is 12.6. The number of carbonyl (C=O) groups excluding carboxylic acids is 2. The highest BCUT2D eigenvalue weighted by atomic mass is 79.9. The highest BCUT2D eigenvalue weighted by molar-refractivity contribution is 9.10. The number of nitrogens with two attached hydrogens (primary N) is 1. The van der Waals surface area contributed by atoms with Gasteiger partial charge in [-0.15, -0.1) is 0 Å². The minimum atomic E-state index is -0.549. The Hall–Kier alpha value is -2.21.